The second kappa shape index (κ2) is 9.41. The Morgan fingerprint density at radius 1 is 1.04 bits per heavy atom. The van der Waals surface area contributed by atoms with Gasteiger partial charge >= 0.3 is 6.09 Å². The van der Waals surface area contributed by atoms with Gasteiger partial charge in [-0.05, 0) is 24.6 Å². The minimum absolute atomic E-state index is 0.296. The molecule has 0 spiro atoms. The van der Waals surface area contributed by atoms with Crippen molar-refractivity contribution in [2.75, 3.05) is 59.0 Å². The fraction of sp³-hybridized carbons (Fsp3) is 0.611. The number of carbonyl (C=O) groups is 1. The predicted octanol–water partition coefficient (Wildman–Crippen LogP) is 1.48. The fourth-order valence-corrected chi connectivity index (χ4v) is 5.28. The predicted molar refractivity (Wildman–Crippen MR) is 107 cm³/mol. The van der Waals surface area contributed by atoms with Crippen LogP contribution in [0.3, 0.4) is 0 Å². The summed E-state index contributed by atoms with van der Waals surface area (Å²) in [5, 5.41) is 0.709. The first-order valence-corrected chi connectivity index (χ1v) is 11.3. The van der Waals surface area contributed by atoms with Gasteiger partial charge in [-0.2, -0.15) is 17.0 Å². The number of piperazine rings is 2. The number of ether oxygens (including phenoxy) is 1. The van der Waals surface area contributed by atoms with Gasteiger partial charge in [0.15, 0.2) is 0 Å². The van der Waals surface area contributed by atoms with Gasteiger partial charge in [-0.1, -0.05) is 23.7 Å². The molecule has 2 aliphatic rings. The molecular formula is C18H27ClN4O4S. The molecule has 1 aromatic carbocycles. The second-order valence-electron chi connectivity index (χ2n) is 6.90. The van der Waals surface area contributed by atoms with Crippen molar-refractivity contribution in [1.29, 1.82) is 0 Å². The Morgan fingerprint density at radius 3 is 2.21 bits per heavy atom. The van der Waals surface area contributed by atoms with Gasteiger partial charge in [0.1, 0.15) is 0 Å². The van der Waals surface area contributed by atoms with Crippen LogP contribution in [0.25, 0.3) is 0 Å². The van der Waals surface area contributed by atoms with E-state index in [4.69, 9.17) is 16.3 Å². The van der Waals surface area contributed by atoms with Gasteiger partial charge in [0.2, 0.25) is 0 Å². The molecule has 156 valence electrons. The van der Waals surface area contributed by atoms with E-state index in [1.54, 1.807) is 16.1 Å². The Labute approximate surface area is 171 Å². The van der Waals surface area contributed by atoms with Crippen LogP contribution in [0.15, 0.2) is 24.3 Å². The van der Waals surface area contributed by atoms with Crippen LogP contribution < -0.4 is 0 Å². The number of hydrogen-bond donors (Lipinski definition) is 0. The van der Waals surface area contributed by atoms with E-state index in [-0.39, 0.29) is 6.09 Å². The molecule has 0 N–H and O–H groups in total. The van der Waals surface area contributed by atoms with Crippen molar-refractivity contribution in [1.82, 2.24) is 18.4 Å². The van der Waals surface area contributed by atoms with Gasteiger partial charge in [0.25, 0.3) is 10.2 Å². The highest BCUT2D eigenvalue weighted by Crippen LogP contribution is 2.18. The lowest BCUT2D eigenvalue weighted by Gasteiger charge is -2.39. The van der Waals surface area contributed by atoms with Crippen LogP contribution in [0.5, 0.6) is 0 Å². The largest absolute Gasteiger partial charge is 0.450 e. The van der Waals surface area contributed by atoms with Crippen LogP contribution in [0.1, 0.15) is 12.5 Å². The van der Waals surface area contributed by atoms with Gasteiger partial charge in [0, 0.05) is 63.9 Å². The third-order valence-electron chi connectivity index (χ3n) is 5.04. The Kier molecular flexibility index (Phi) is 7.16. The summed E-state index contributed by atoms with van der Waals surface area (Å²) in [7, 11) is -3.51. The van der Waals surface area contributed by atoms with E-state index < -0.39 is 10.2 Å². The van der Waals surface area contributed by atoms with E-state index in [0.29, 0.717) is 64.0 Å². The maximum atomic E-state index is 12.9. The number of hydrogen-bond acceptors (Lipinski definition) is 5. The van der Waals surface area contributed by atoms with Crippen LogP contribution in [-0.2, 0) is 21.5 Å². The van der Waals surface area contributed by atoms with E-state index in [1.165, 1.54) is 4.31 Å². The molecule has 0 atom stereocenters. The zero-order valence-corrected chi connectivity index (χ0v) is 17.7. The molecule has 0 radical (unpaired) electrons. The zero-order valence-electron chi connectivity index (χ0n) is 16.1. The zero-order chi connectivity index (χ0) is 20.1. The van der Waals surface area contributed by atoms with E-state index in [2.05, 4.69) is 4.90 Å². The standard InChI is InChI=1S/C18H27ClN4O4S/c1-2-27-18(24)21-8-12-23(13-9-21)28(25,26)22-10-6-20(7-11-22)15-16-4-3-5-17(19)14-16/h3-5,14H,2,6-13,15H2,1H3. The van der Waals surface area contributed by atoms with Crippen LogP contribution in [0.4, 0.5) is 4.79 Å². The van der Waals surface area contributed by atoms with Gasteiger partial charge < -0.3 is 9.64 Å². The maximum Gasteiger partial charge on any atom is 0.409 e. The van der Waals surface area contributed by atoms with E-state index in [1.807, 2.05) is 24.3 Å². The molecule has 1 aromatic rings. The molecule has 0 aliphatic carbocycles. The summed E-state index contributed by atoms with van der Waals surface area (Å²) < 4.78 is 33.9. The highest BCUT2D eigenvalue weighted by molar-refractivity contribution is 7.86. The lowest BCUT2D eigenvalue weighted by Crippen LogP contribution is -2.57. The normalized spacial score (nSPS) is 20.3. The lowest BCUT2D eigenvalue weighted by molar-refractivity contribution is 0.0915. The summed E-state index contributed by atoms with van der Waals surface area (Å²) in [5.74, 6) is 0. The van der Waals surface area contributed by atoms with E-state index >= 15 is 0 Å². The molecule has 8 nitrogen and oxygen atoms in total. The van der Waals surface area contributed by atoms with Gasteiger partial charge in [0.05, 0.1) is 6.61 Å². The highest BCUT2D eigenvalue weighted by Gasteiger charge is 2.35. The van der Waals surface area contributed by atoms with Crippen LogP contribution >= 0.6 is 11.6 Å². The topological polar surface area (TPSA) is 73.4 Å². The molecule has 28 heavy (non-hydrogen) atoms. The summed E-state index contributed by atoms with van der Waals surface area (Å²) in [4.78, 5) is 15.6. The summed E-state index contributed by atoms with van der Waals surface area (Å²) in [6.45, 7) is 6.40. The monoisotopic (exact) mass is 430 g/mol. The van der Waals surface area contributed by atoms with Crippen molar-refractivity contribution < 1.29 is 17.9 Å². The molecule has 10 heteroatoms. The Hall–Kier alpha value is -1.39. The number of nitrogens with zero attached hydrogens (tertiary/aromatic N) is 4. The molecule has 0 bridgehead atoms. The fourth-order valence-electron chi connectivity index (χ4n) is 3.49. The van der Waals surface area contributed by atoms with Crippen molar-refractivity contribution in [3.8, 4) is 0 Å². The quantitative estimate of drug-likeness (QED) is 0.707. The smallest absolute Gasteiger partial charge is 0.409 e. The molecule has 0 aromatic heterocycles. The van der Waals surface area contributed by atoms with Crippen LogP contribution in [-0.4, -0.2) is 91.9 Å². The minimum Gasteiger partial charge on any atom is -0.450 e. The second-order valence-corrected chi connectivity index (χ2v) is 9.26. The number of halogens is 1. The molecule has 2 aliphatic heterocycles. The Morgan fingerprint density at radius 2 is 1.64 bits per heavy atom. The van der Waals surface area contributed by atoms with Gasteiger partial charge in [-0.25, -0.2) is 4.79 Å². The van der Waals surface area contributed by atoms with E-state index in [0.717, 1.165) is 12.1 Å². The highest BCUT2D eigenvalue weighted by atomic mass is 35.5. The van der Waals surface area contributed by atoms with Gasteiger partial charge in [-0.3, -0.25) is 4.90 Å². The molecule has 2 fully saturated rings. The average molecular weight is 431 g/mol. The third kappa shape index (κ3) is 5.15. The SMILES string of the molecule is CCOC(=O)N1CCN(S(=O)(=O)N2CCN(Cc3cccc(Cl)c3)CC2)CC1. The minimum atomic E-state index is -3.51. The first kappa shape index (κ1) is 21.3. The summed E-state index contributed by atoms with van der Waals surface area (Å²) in [6.07, 6.45) is -0.380. The first-order chi connectivity index (χ1) is 13.4. The Balaban J connectivity index is 1.50. The third-order valence-corrected chi connectivity index (χ3v) is 7.31. The molecule has 2 saturated heterocycles. The van der Waals surface area contributed by atoms with Crippen molar-refractivity contribution in [2.24, 2.45) is 0 Å². The molecule has 1 amide bonds. The molecule has 0 saturated carbocycles. The van der Waals surface area contributed by atoms with Crippen LogP contribution in [0.2, 0.25) is 5.02 Å². The number of benzene rings is 1. The molecule has 2 heterocycles. The number of rotatable bonds is 5. The summed E-state index contributed by atoms with van der Waals surface area (Å²) in [5.41, 5.74) is 1.12. The Bertz CT molecular complexity index is 776. The summed E-state index contributed by atoms with van der Waals surface area (Å²) in [6, 6.07) is 7.73. The van der Waals surface area contributed by atoms with Crippen molar-refractivity contribution in [2.45, 2.75) is 13.5 Å². The molecule has 0 unspecified atom stereocenters. The maximum absolute atomic E-state index is 12.9. The lowest BCUT2D eigenvalue weighted by atomic mass is 10.2. The molecular weight excluding hydrogens is 404 g/mol. The number of amides is 1. The first-order valence-electron chi connectivity index (χ1n) is 9.54. The average Bonchev–Trinajstić information content (AvgIpc) is 2.69. The number of carbonyl (C=O) groups excluding carboxylic acids is 1. The van der Waals surface area contributed by atoms with Crippen molar-refractivity contribution in [3.63, 3.8) is 0 Å². The van der Waals surface area contributed by atoms with Crippen molar-refractivity contribution in [3.05, 3.63) is 34.9 Å². The molecule has 3 rings (SSSR count). The van der Waals surface area contributed by atoms with Crippen LogP contribution in [0, 0.1) is 0 Å². The van der Waals surface area contributed by atoms with Gasteiger partial charge in [-0.15, -0.1) is 0 Å². The summed E-state index contributed by atoms with van der Waals surface area (Å²) >= 11 is 6.03. The van der Waals surface area contributed by atoms with E-state index in [9.17, 15) is 13.2 Å². The van der Waals surface area contributed by atoms with Crippen molar-refractivity contribution >= 4 is 27.9 Å².